The fourth-order valence-corrected chi connectivity index (χ4v) is 3.87. The second kappa shape index (κ2) is 7.75. The third kappa shape index (κ3) is 4.64. The van der Waals surface area contributed by atoms with Crippen LogP contribution in [-0.4, -0.2) is 28.5 Å². The van der Waals surface area contributed by atoms with Gasteiger partial charge in [-0.15, -0.1) is 0 Å². The fourth-order valence-electron chi connectivity index (χ4n) is 2.09. The normalized spacial score (nSPS) is 10.9. The van der Waals surface area contributed by atoms with Gasteiger partial charge in [-0.05, 0) is 52.3 Å². The summed E-state index contributed by atoms with van der Waals surface area (Å²) in [6.07, 6.45) is 0. The van der Waals surface area contributed by atoms with E-state index in [1.165, 1.54) is 39.3 Å². The molecule has 2 aromatic rings. The van der Waals surface area contributed by atoms with Crippen LogP contribution in [0.1, 0.15) is 6.92 Å². The molecule has 7 nitrogen and oxygen atoms in total. The number of nitrogens with one attached hydrogen (secondary N) is 2. The van der Waals surface area contributed by atoms with Crippen LogP contribution in [0, 0.1) is 0 Å². The highest BCUT2D eigenvalue weighted by Crippen LogP contribution is 2.32. The molecule has 0 saturated heterocycles. The maximum Gasteiger partial charge on any atom is 0.262 e. The van der Waals surface area contributed by atoms with Crippen molar-refractivity contribution in [2.45, 2.75) is 11.8 Å². The molecule has 0 radical (unpaired) electrons. The molecular weight excluding hydrogens is 412 g/mol. The van der Waals surface area contributed by atoms with Crippen LogP contribution < -0.4 is 19.5 Å². The minimum absolute atomic E-state index is 0.0483. The first-order valence-electron chi connectivity index (χ1n) is 7.09. The number of hydrogen-bond acceptors (Lipinski definition) is 5. The quantitative estimate of drug-likeness (QED) is 0.736. The van der Waals surface area contributed by atoms with E-state index in [0.29, 0.717) is 21.7 Å². The average Bonchev–Trinajstić information content (AvgIpc) is 2.54. The van der Waals surface area contributed by atoms with E-state index in [1.807, 2.05) is 0 Å². The number of carbonyl (C=O) groups is 1. The highest BCUT2D eigenvalue weighted by molar-refractivity contribution is 9.10. The van der Waals surface area contributed by atoms with Crippen molar-refractivity contribution < 1.29 is 22.7 Å². The molecular formula is C16H17BrN2O5S. The van der Waals surface area contributed by atoms with Crippen molar-refractivity contribution in [2.75, 3.05) is 24.3 Å². The number of carbonyl (C=O) groups excluding carboxylic acids is 1. The first-order chi connectivity index (χ1) is 11.8. The lowest BCUT2D eigenvalue weighted by atomic mass is 10.2. The lowest BCUT2D eigenvalue weighted by Crippen LogP contribution is -2.14. The first-order valence-corrected chi connectivity index (χ1v) is 9.36. The minimum Gasteiger partial charge on any atom is -0.496 e. The molecule has 134 valence electrons. The highest BCUT2D eigenvalue weighted by atomic mass is 79.9. The molecule has 0 aromatic heterocycles. The van der Waals surface area contributed by atoms with Gasteiger partial charge in [-0.2, -0.15) is 0 Å². The van der Waals surface area contributed by atoms with Gasteiger partial charge in [-0.25, -0.2) is 8.42 Å². The molecule has 0 spiro atoms. The Labute approximate surface area is 154 Å². The maximum absolute atomic E-state index is 12.6. The van der Waals surface area contributed by atoms with Gasteiger partial charge in [0.05, 0.1) is 29.3 Å². The Bertz CT molecular complexity index is 899. The zero-order valence-electron chi connectivity index (χ0n) is 13.8. The van der Waals surface area contributed by atoms with Crippen LogP contribution >= 0.6 is 15.9 Å². The van der Waals surface area contributed by atoms with E-state index < -0.39 is 10.0 Å². The number of rotatable bonds is 6. The largest absolute Gasteiger partial charge is 0.496 e. The van der Waals surface area contributed by atoms with Gasteiger partial charge in [0.2, 0.25) is 5.91 Å². The van der Waals surface area contributed by atoms with Gasteiger partial charge in [0.1, 0.15) is 11.5 Å². The Kier molecular flexibility index (Phi) is 5.91. The zero-order chi connectivity index (χ0) is 18.6. The van der Waals surface area contributed by atoms with E-state index in [0.717, 1.165) is 0 Å². The minimum atomic E-state index is -3.87. The van der Waals surface area contributed by atoms with E-state index in [-0.39, 0.29) is 16.5 Å². The maximum atomic E-state index is 12.6. The molecule has 0 aliphatic rings. The summed E-state index contributed by atoms with van der Waals surface area (Å²) >= 11 is 3.26. The van der Waals surface area contributed by atoms with Crippen LogP contribution in [0.5, 0.6) is 11.5 Å². The molecule has 0 unspecified atom stereocenters. The summed E-state index contributed by atoms with van der Waals surface area (Å²) in [4.78, 5) is 11.2. The van der Waals surface area contributed by atoms with Crippen LogP contribution in [0.4, 0.5) is 11.4 Å². The highest BCUT2D eigenvalue weighted by Gasteiger charge is 2.18. The molecule has 0 aliphatic carbocycles. The van der Waals surface area contributed by atoms with E-state index >= 15 is 0 Å². The number of methoxy groups -OCH3 is 2. The predicted molar refractivity (Wildman–Crippen MR) is 98.8 cm³/mol. The van der Waals surface area contributed by atoms with E-state index in [9.17, 15) is 13.2 Å². The van der Waals surface area contributed by atoms with Gasteiger partial charge < -0.3 is 14.8 Å². The average molecular weight is 429 g/mol. The number of halogens is 1. The lowest BCUT2D eigenvalue weighted by Gasteiger charge is -2.14. The Balaban J connectivity index is 2.39. The number of hydrogen-bond donors (Lipinski definition) is 2. The molecule has 2 rings (SSSR count). The smallest absolute Gasteiger partial charge is 0.262 e. The number of benzene rings is 2. The Morgan fingerprint density at radius 1 is 1.04 bits per heavy atom. The number of sulfonamides is 1. The van der Waals surface area contributed by atoms with Crippen LogP contribution in [0.3, 0.4) is 0 Å². The van der Waals surface area contributed by atoms with Gasteiger partial charge in [0, 0.05) is 12.6 Å². The van der Waals surface area contributed by atoms with Crippen LogP contribution in [-0.2, 0) is 14.8 Å². The predicted octanol–water partition coefficient (Wildman–Crippen LogP) is 3.23. The van der Waals surface area contributed by atoms with Crippen molar-refractivity contribution in [3.8, 4) is 11.5 Å². The molecule has 2 N–H and O–H groups in total. The Morgan fingerprint density at radius 3 is 2.24 bits per heavy atom. The molecule has 0 atom stereocenters. The summed E-state index contributed by atoms with van der Waals surface area (Å²) in [7, 11) is -0.950. The second-order valence-corrected chi connectivity index (χ2v) is 7.53. The second-order valence-electron chi connectivity index (χ2n) is 5.00. The molecule has 0 fully saturated rings. The summed E-state index contributed by atoms with van der Waals surface area (Å²) in [5.41, 5.74) is 0.655. The fraction of sp³-hybridized carbons (Fsp3) is 0.188. The summed E-state index contributed by atoms with van der Waals surface area (Å²) in [5.74, 6) is 0.576. The molecule has 9 heteroatoms. The first kappa shape index (κ1) is 19.1. The molecule has 2 aromatic carbocycles. The van der Waals surface area contributed by atoms with Gasteiger partial charge in [-0.3, -0.25) is 9.52 Å². The molecule has 25 heavy (non-hydrogen) atoms. The third-order valence-corrected chi connectivity index (χ3v) is 5.18. The Morgan fingerprint density at radius 2 is 1.68 bits per heavy atom. The zero-order valence-corrected chi connectivity index (χ0v) is 16.2. The monoisotopic (exact) mass is 428 g/mol. The Hall–Kier alpha value is -2.26. The van der Waals surface area contributed by atoms with Crippen molar-refractivity contribution in [1.82, 2.24) is 0 Å². The number of amides is 1. The standard InChI is InChI=1S/C16H17BrN2O5S/c1-10(20)18-11-4-6-16(24-3)14(8-11)19-25(21,22)12-5-7-15(23-2)13(17)9-12/h4-9,19H,1-3H3,(H,18,20). The van der Waals surface area contributed by atoms with Crippen molar-refractivity contribution >= 4 is 43.2 Å². The van der Waals surface area contributed by atoms with Gasteiger partial charge in [0.25, 0.3) is 10.0 Å². The molecule has 0 aliphatic heterocycles. The van der Waals surface area contributed by atoms with Crippen LogP contribution in [0.15, 0.2) is 45.8 Å². The molecule has 0 bridgehead atoms. The van der Waals surface area contributed by atoms with Gasteiger partial charge in [0.15, 0.2) is 0 Å². The van der Waals surface area contributed by atoms with Crippen LogP contribution in [0.25, 0.3) is 0 Å². The molecule has 1 amide bonds. The molecule has 0 heterocycles. The number of anilines is 2. The van der Waals surface area contributed by atoms with Crippen molar-refractivity contribution in [2.24, 2.45) is 0 Å². The van der Waals surface area contributed by atoms with E-state index in [1.54, 1.807) is 18.2 Å². The van der Waals surface area contributed by atoms with Crippen LogP contribution in [0.2, 0.25) is 0 Å². The number of ether oxygens (including phenoxy) is 2. The molecule has 0 saturated carbocycles. The summed E-state index contributed by atoms with van der Waals surface area (Å²) < 4.78 is 38.5. The van der Waals surface area contributed by atoms with Crippen molar-refractivity contribution in [3.05, 3.63) is 40.9 Å². The van der Waals surface area contributed by atoms with Crippen molar-refractivity contribution in [1.29, 1.82) is 0 Å². The van der Waals surface area contributed by atoms with E-state index in [2.05, 4.69) is 26.0 Å². The third-order valence-electron chi connectivity index (χ3n) is 3.20. The topological polar surface area (TPSA) is 93.7 Å². The summed E-state index contributed by atoms with van der Waals surface area (Å²) in [6, 6.07) is 9.07. The summed E-state index contributed by atoms with van der Waals surface area (Å²) in [6.45, 7) is 1.36. The van der Waals surface area contributed by atoms with Gasteiger partial charge >= 0.3 is 0 Å². The van der Waals surface area contributed by atoms with E-state index in [4.69, 9.17) is 9.47 Å². The van der Waals surface area contributed by atoms with Crippen molar-refractivity contribution in [3.63, 3.8) is 0 Å². The SMILES string of the molecule is COc1ccc(S(=O)(=O)Nc2cc(NC(C)=O)ccc2OC)cc1Br. The van der Waals surface area contributed by atoms with Gasteiger partial charge in [-0.1, -0.05) is 0 Å². The lowest BCUT2D eigenvalue weighted by molar-refractivity contribution is -0.114. The summed E-state index contributed by atoms with van der Waals surface area (Å²) in [5, 5.41) is 2.59.